The summed E-state index contributed by atoms with van der Waals surface area (Å²) >= 11 is 0. The van der Waals surface area contributed by atoms with Gasteiger partial charge in [0, 0.05) is 37.1 Å². The molecule has 4 heteroatoms. The zero-order chi connectivity index (χ0) is 16.8. The van der Waals surface area contributed by atoms with Crippen LogP contribution in [-0.4, -0.2) is 36.6 Å². The van der Waals surface area contributed by atoms with Gasteiger partial charge in [-0.05, 0) is 70.2 Å². The maximum absolute atomic E-state index is 12.6. The van der Waals surface area contributed by atoms with Gasteiger partial charge >= 0.3 is 6.03 Å². The summed E-state index contributed by atoms with van der Waals surface area (Å²) in [4.78, 5) is 17.0. The van der Waals surface area contributed by atoms with Crippen LogP contribution >= 0.6 is 0 Å². The molecule has 0 spiro atoms. The number of hydrogen-bond donors (Lipinski definition) is 1. The molecule has 2 rings (SSSR count). The Kier molecular flexibility index (Phi) is 6.31. The Hall–Kier alpha value is -1.71. The first-order chi connectivity index (χ1) is 11.1. The van der Waals surface area contributed by atoms with Crippen molar-refractivity contribution in [3.05, 3.63) is 23.8 Å². The molecule has 128 valence electrons. The van der Waals surface area contributed by atoms with E-state index < -0.39 is 0 Å². The van der Waals surface area contributed by atoms with Crippen molar-refractivity contribution in [2.75, 3.05) is 29.9 Å². The third-order valence-corrected chi connectivity index (χ3v) is 4.94. The van der Waals surface area contributed by atoms with Gasteiger partial charge in [0.05, 0.1) is 0 Å². The van der Waals surface area contributed by atoms with Crippen LogP contribution in [0.1, 0.15) is 52.0 Å². The van der Waals surface area contributed by atoms with Gasteiger partial charge in [-0.1, -0.05) is 6.92 Å². The summed E-state index contributed by atoms with van der Waals surface area (Å²) in [7, 11) is 0. The van der Waals surface area contributed by atoms with E-state index in [0.717, 1.165) is 50.1 Å². The molecular formula is C19H31N3O. The molecular weight excluding hydrogens is 286 g/mol. The molecule has 1 aromatic rings. The largest absolute Gasteiger partial charge is 0.372 e. The highest BCUT2D eigenvalue weighted by molar-refractivity contribution is 5.90. The summed E-state index contributed by atoms with van der Waals surface area (Å²) in [6.45, 7) is 11.4. The van der Waals surface area contributed by atoms with E-state index in [1.54, 1.807) is 0 Å². The molecule has 1 aliphatic rings. The minimum atomic E-state index is 0.0511. The van der Waals surface area contributed by atoms with E-state index in [-0.39, 0.29) is 6.03 Å². The lowest BCUT2D eigenvalue weighted by Crippen LogP contribution is -2.45. The molecule has 2 amide bonds. The second-order valence-corrected chi connectivity index (χ2v) is 6.35. The molecule has 1 fully saturated rings. The minimum absolute atomic E-state index is 0.0511. The molecule has 1 saturated heterocycles. The summed E-state index contributed by atoms with van der Waals surface area (Å²) in [6.07, 6.45) is 4.51. The lowest BCUT2D eigenvalue weighted by molar-refractivity contribution is 0.160. The van der Waals surface area contributed by atoms with Crippen LogP contribution in [0.5, 0.6) is 0 Å². The maximum atomic E-state index is 12.6. The molecule has 4 nitrogen and oxygen atoms in total. The Labute approximate surface area is 140 Å². The normalized spacial score (nSPS) is 17.9. The fourth-order valence-corrected chi connectivity index (χ4v) is 3.45. The van der Waals surface area contributed by atoms with Crippen LogP contribution in [0.15, 0.2) is 18.2 Å². The number of nitrogens with one attached hydrogen (secondary N) is 1. The number of anilines is 2. The fourth-order valence-electron chi connectivity index (χ4n) is 3.45. The predicted molar refractivity (Wildman–Crippen MR) is 98.4 cm³/mol. The first kappa shape index (κ1) is 17.6. The van der Waals surface area contributed by atoms with Gasteiger partial charge < -0.3 is 15.1 Å². The molecule has 1 N–H and O–H groups in total. The molecule has 0 aromatic heterocycles. The van der Waals surface area contributed by atoms with Crippen molar-refractivity contribution in [2.45, 2.75) is 59.4 Å². The number of benzene rings is 1. The zero-order valence-electron chi connectivity index (χ0n) is 15.1. The Balaban J connectivity index is 2.08. The van der Waals surface area contributed by atoms with Gasteiger partial charge in [-0.25, -0.2) is 4.79 Å². The summed E-state index contributed by atoms with van der Waals surface area (Å²) in [6, 6.07) is 6.74. The summed E-state index contributed by atoms with van der Waals surface area (Å²) in [5.41, 5.74) is 3.26. The van der Waals surface area contributed by atoms with E-state index in [1.807, 2.05) is 11.0 Å². The molecule has 0 radical (unpaired) electrons. The van der Waals surface area contributed by atoms with Crippen molar-refractivity contribution in [1.82, 2.24) is 4.90 Å². The zero-order valence-corrected chi connectivity index (χ0v) is 15.1. The fraction of sp³-hybridized carbons (Fsp3) is 0.632. The van der Waals surface area contributed by atoms with Crippen molar-refractivity contribution >= 4 is 17.4 Å². The van der Waals surface area contributed by atoms with Crippen LogP contribution in [0.25, 0.3) is 0 Å². The van der Waals surface area contributed by atoms with Crippen molar-refractivity contribution < 1.29 is 4.79 Å². The number of urea groups is 1. The number of carbonyl (C=O) groups is 1. The standard InChI is InChI=1S/C19H31N3O/c1-5-16-10-8-9-13-22(16)19(23)20-18-12-11-17(14-15(18)4)21(6-2)7-3/h11-12,14,16H,5-10,13H2,1-4H3,(H,20,23). The van der Waals surface area contributed by atoms with Crippen LogP contribution < -0.4 is 10.2 Å². The molecule has 1 heterocycles. The Morgan fingerprint density at radius 1 is 1.26 bits per heavy atom. The van der Waals surface area contributed by atoms with Crippen LogP contribution in [0.4, 0.5) is 16.2 Å². The van der Waals surface area contributed by atoms with Crippen molar-refractivity contribution in [1.29, 1.82) is 0 Å². The molecule has 1 aromatic carbocycles. The first-order valence-corrected chi connectivity index (χ1v) is 9.03. The highest BCUT2D eigenvalue weighted by atomic mass is 16.2. The molecule has 1 atom stereocenters. The summed E-state index contributed by atoms with van der Waals surface area (Å²) in [5.74, 6) is 0. The van der Waals surface area contributed by atoms with Crippen molar-refractivity contribution in [3.8, 4) is 0 Å². The van der Waals surface area contributed by atoms with Gasteiger partial charge in [0.25, 0.3) is 0 Å². The quantitative estimate of drug-likeness (QED) is 0.859. The average Bonchev–Trinajstić information content (AvgIpc) is 2.58. The van der Waals surface area contributed by atoms with Crippen molar-refractivity contribution in [2.24, 2.45) is 0 Å². The summed E-state index contributed by atoms with van der Waals surface area (Å²) in [5, 5.41) is 3.11. The van der Waals surface area contributed by atoms with Gasteiger partial charge in [0.1, 0.15) is 0 Å². The molecule has 0 saturated carbocycles. The Bertz CT molecular complexity index is 525. The average molecular weight is 317 g/mol. The van der Waals surface area contributed by atoms with E-state index in [4.69, 9.17) is 0 Å². The van der Waals surface area contributed by atoms with E-state index in [0.29, 0.717) is 6.04 Å². The Morgan fingerprint density at radius 2 is 2.00 bits per heavy atom. The summed E-state index contributed by atoms with van der Waals surface area (Å²) < 4.78 is 0. The highest BCUT2D eigenvalue weighted by Crippen LogP contribution is 2.25. The van der Waals surface area contributed by atoms with Gasteiger partial charge in [0.2, 0.25) is 0 Å². The lowest BCUT2D eigenvalue weighted by Gasteiger charge is -2.35. The Morgan fingerprint density at radius 3 is 2.61 bits per heavy atom. The van der Waals surface area contributed by atoms with Gasteiger partial charge in [-0.3, -0.25) is 0 Å². The van der Waals surface area contributed by atoms with Gasteiger partial charge in [-0.2, -0.15) is 0 Å². The monoisotopic (exact) mass is 317 g/mol. The van der Waals surface area contributed by atoms with Crippen LogP contribution in [0.2, 0.25) is 0 Å². The van der Waals surface area contributed by atoms with Gasteiger partial charge in [-0.15, -0.1) is 0 Å². The second-order valence-electron chi connectivity index (χ2n) is 6.35. The number of carbonyl (C=O) groups excluding carboxylic acids is 1. The van der Waals surface area contributed by atoms with Crippen LogP contribution in [0.3, 0.4) is 0 Å². The molecule has 1 aliphatic heterocycles. The first-order valence-electron chi connectivity index (χ1n) is 9.03. The van der Waals surface area contributed by atoms with Crippen LogP contribution in [0, 0.1) is 6.92 Å². The number of rotatable bonds is 5. The number of amides is 2. The third-order valence-electron chi connectivity index (χ3n) is 4.94. The number of hydrogen-bond acceptors (Lipinski definition) is 2. The molecule has 0 aliphatic carbocycles. The van der Waals surface area contributed by atoms with E-state index >= 15 is 0 Å². The SMILES string of the molecule is CCC1CCCCN1C(=O)Nc1ccc(N(CC)CC)cc1C. The number of likely N-dealkylation sites (tertiary alicyclic amines) is 1. The minimum Gasteiger partial charge on any atom is -0.372 e. The third kappa shape index (κ3) is 4.18. The number of aryl methyl sites for hydroxylation is 1. The molecule has 23 heavy (non-hydrogen) atoms. The van der Waals surface area contributed by atoms with Gasteiger partial charge in [0.15, 0.2) is 0 Å². The predicted octanol–water partition coefficient (Wildman–Crippen LogP) is 4.64. The highest BCUT2D eigenvalue weighted by Gasteiger charge is 2.25. The smallest absolute Gasteiger partial charge is 0.322 e. The van der Waals surface area contributed by atoms with E-state index in [9.17, 15) is 4.79 Å². The van der Waals surface area contributed by atoms with E-state index in [2.05, 4.69) is 50.0 Å². The number of piperidine rings is 1. The maximum Gasteiger partial charge on any atom is 0.322 e. The molecule has 0 bridgehead atoms. The molecule has 1 unspecified atom stereocenters. The second kappa shape index (κ2) is 8.23. The lowest BCUT2D eigenvalue weighted by atomic mass is 10.0. The number of nitrogens with zero attached hydrogens (tertiary/aromatic N) is 2. The van der Waals surface area contributed by atoms with E-state index in [1.165, 1.54) is 12.1 Å². The topological polar surface area (TPSA) is 35.6 Å². The van der Waals surface area contributed by atoms with Crippen LogP contribution in [-0.2, 0) is 0 Å². The van der Waals surface area contributed by atoms with Crippen molar-refractivity contribution in [3.63, 3.8) is 0 Å².